The summed E-state index contributed by atoms with van der Waals surface area (Å²) in [5, 5.41) is 8.67. The average Bonchev–Trinajstić information content (AvgIpc) is 2.16. The molecular weight excluding hydrogens is 186 g/mol. The molecule has 0 aliphatic rings. The van der Waals surface area contributed by atoms with Gasteiger partial charge in [-0.1, -0.05) is 12.1 Å². The molecule has 0 heterocycles. The molecule has 70 valence electrons. The minimum atomic E-state index is -1.00. The lowest BCUT2D eigenvalue weighted by Crippen LogP contribution is -2.20. The first-order valence-electron chi connectivity index (χ1n) is 3.77. The summed E-state index contributed by atoms with van der Waals surface area (Å²) in [6.07, 6.45) is 1.94. The highest BCUT2D eigenvalue weighted by atomic mass is 32.2. The first-order valence-corrected chi connectivity index (χ1v) is 5.00. The number of carboxylic acid groups (broad SMARTS) is 1. The molecule has 13 heavy (non-hydrogen) atoms. The third-order valence-corrected chi connectivity index (χ3v) is 2.44. The lowest BCUT2D eigenvalue weighted by atomic mass is 10.1. The van der Waals surface area contributed by atoms with Crippen molar-refractivity contribution < 1.29 is 9.90 Å². The molecule has 0 aliphatic carbocycles. The Bertz CT molecular complexity index is 314. The minimum Gasteiger partial charge on any atom is -0.480 e. The molecule has 1 aromatic rings. The summed E-state index contributed by atoms with van der Waals surface area (Å²) in [7, 11) is 0. The van der Waals surface area contributed by atoms with Crippen LogP contribution in [0.5, 0.6) is 0 Å². The van der Waals surface area contributed by atoms with Crippen molar-refractivity contribution in [2.45, 2.75) is 10.9 Å². The van der Waals surface area contributed by atoms with Crippen LogP contribution in [-0.2, 0) is 4.79 Å². The molecule has 0 aromatic heterocycles. The Morgan fingerprint density at radius 3 is 2.85 bits per heavy atom. The van der Waals surface area contributed by atoms with E-state index in [0.29, 0.717) is 5.56 Å². The summed E-state index contributed by atoms with van der Waals surface area (Å²) >= 11 is 1.56. The Balaban J connectivity index is 2.94. The highest BCUT2D eigenvalue weighted by Crippen LogP contribution is 2.19. The molecule has 4 heteroatoms. The lowest BCUT2D eigenvalue weighted by Gasteiger charge is -2.07. The zero-order chi connectivity index (χ0) is 9.84. The number of aliphatic carboxylic acids is 1. The van der Waals surface area contributed by atoms with E-state index in [-0.39, 0.29) is 0 Å². The molecule has 3 N–H and O–H groups in total. The van der Waals surface area contributed by atoms with E-state index in [1.807, 2.05) is 18.4 Å². The van der Waals surface area contributed by atoms with E-state index in [9.17, 15) is 4.79 Å². The summed E-state index contributed by atoms with van der Waals surface area (Å²) in [5.74, 6) is -1.00. The lowest BCUT2D eigenvalue weighted by molar-refractivity contribution is -0.138. The van der Waals surface area contributed by atoms with Crippen molar-refractivity contribution in [3.63, 3.8) is 0 Å². The maximum Gasteiger partial charge on any atom is 0.325 e. The maximum atomic E-state index is 10.6. The van der Waals surface area contributed by atoms with Crippen LogP contribution in [-0.4, -0.2) is 17.3 Å². The quantitative estimate of drug-likeness (QED) is 0.721. The van der Waals surface area contributed by atoms with E-state index in [2.05, 4.69) is 0 Å². The van der Waals surface area contributed by atoms with Crippen LogP contribution in [0, 0.1) is 0 Å². The van der Waals surface area contributed by atoms with Crippen molar-refractivity contribution in [2.24, 2.45) is 5.73 Å². The van der Waals surface area contributed by atoms with Crippen molar-refractivity contribution >= 4 is 17.7 Å². The van der Waals surface area contributed by atoms with Crippen molar-refractivity contribution in [1.29, 1.82) is 0 Å². The standard InChI is InChI=1S/C9H11NO2S/c1-13-7-4-2-3-6(5-7)8(10)9(11)12/h2-5,8H,10H2,1H3,(H,11,12)/t8-/m0/s1. The van der Waals surface area contributed by atoms with Gasteiger partial charge in [-0.2, -0.15) is 0 Å². The number of thioether (sulfide) groups is 1. The summed E-state index contributed by atoms with van der Waals surface area (Å²) < 4.78 is 0. The molecule has 0 amide bonds. The average molecular weight is 197 g/mol. The van der Waals surface area contributed by atoms with Gasteiger partial charge in [-0.05, 0) is 24.0 Å². The van der Waals surface area contributed by atoms with E-state index < -0.39 is 12.0 Å². The highest BCUT2D eigenvalue weighted by Gasteiger charge is 2.13. The van der Waals surface area contributed by atoms with Gasteiger partial charge in [-0.25, -0.2) is 0 Å². The predicted octanol–water partition coefficient (Wildman–Crippen LogP) is 1.49. The second-order valence-corrected chi connectivity index (χ2v) is 3.47. The Labute approximate surface area is 80.9 Å². The Hall–Kier alpha value is -1.00. The molecule has 0 unspecified atom stereocenters. The van der Waals surface area contributed by atoms with Crippen LogP contribution in [0.3, 0.4) is 0 Å². The van der Waals surface area contributed by atoms with Gasteiger partial charge >= 0.3 is 5.97 Å². The Morgan fingerprint density at radius 2 is 2.31 bits per heavy atom. The summed E-state index contributed by atoms with van der Waals surface area (Å²) in [6.45, 7) is 0. The van der Waals surface area contributed by atoms with Crippen LogP contribution in [0.1, 0.15) is 11.6 Å². The van der Waals surface area contributed by atoms with Gasteiger partial charge in [-0.15, -0.1) is 11.8 Å². The fourth-order valence-corrected chi connectivity index (χ4v) is 1.45. The second kappa shape index (κ2) is 4.30. The first kappa shape index (κ1) is 10.1. The minimum absolute atomic E-state index is 0.638. The number of nitrogens with two attached hydrogens (primary N) is 1. The first-order chi connectivity index (χ1) is 6.15. The van der Waals surface area contributed by atoms with Crippen LogP contribution in [0.4, 0.5) is 0 Å². The normalized spacial score (nSPS) is 12.5. The summed E-state index contributed by atoms with van der Waals surface area (Å²) in [4.78, 5) is 11.6. The maximum absolute atomic E-state index is 10.6. The van der Waals surface area contributed by atoms with E-state index in [1.165, 1.54) is 0 Å². The van der Waals surface area contributed by atoms with Gasteiger partial charge in [0, 0.05) is 4.90 Å². The summed E-state index contributed by atoms with van der Waals surface area (Å²) in [5.41, 5.74) is 6.09. The van der Waals surface area contributed by atoms with E-state index in [4.69, 9.17) is 10.8 Å². The molecule has 0 spiro atoms. The number of hydrogen-bond donors (Lipinski definition) is 2. The molecule has 0 fully saturated rings. The van der Waals surface area contributed by atoms with Gasteiger partial charge in [0.25, 0.3) is 0 Å². The Morgan fingerprint density at radius 1 is 1.62 bits per heavy atom. The van der Waals surface area contributed by atoms with Gasteiger partial charge in [0.1, 0.15) is 6.04 Å². The SMILES string of the molecule is CSc1cccc([C@H](N)C(=O)O)c1. The van der Waals surface area contributed by atoms with Gasteiger partial charge < -0.3 is 10.8 Å². The van der Waals surface area contributed by atoms with Crippen molar-refractivity contribution in [3.05, 3.63) is 29.8 Å². The molecule has 0 radical (unpaired) electrons. The largest absolute Gasteiger partial charge is 0.480 e. The van der Waals surface area contributed by atoms with Crippen molar-refractivity contribution in [1.82, 2.24) is 0 Å². The van der Waals surface area contributed by atoms with Gasteiger partial charge in [0.2, 0.25) is 0 Å². The monoisotopic (exact) mass is 197 g/mol. The van der Waals surface area contributed by atoms with Crippen LogP contribution in [0.25, 0.3) is 0 Å². The van der Waals surface area contributed by atoms with Gasteiger partial charge in [0.05, 0.1) is 0 Å². The molecule has 0 bridgehead atoms. The van der Waals surface area contributed by atoms with Crippen molar-refractivity contribution in [3.8, 4) is 0 Å². The molecule has 1 aromatic carbocycles. The topological polar surface area (TPSA) is 63.3 Å². The number of carbonyl (C=O) groups is 1. The van der Waals surface area contributed by atoms with Crippen LogP contribution < -0.4 is 5.73 Å². The second-order valence-electron chi connectivity index (χ2n) is 2.59. The molecule has 1 atom stereocenters. The summed E-state index contributed by atoms with van der Waals surface area (Å²) in [6, 6.07) is 6.32. The van der Waals surface area contributed by atoms with Crippen LogP contribution >= 0.6 is 11.8 Å². The number of rotatable bonds is 3. The van der Waals surface area contributed by atoms with E-state index in [1.54, 1.807) is 23.9 Å². The molecule has 1 rings (SSSR count). The smallest absolute Gasteiger partial charge is 0.325 e. The fourth-order valence-electron chi connectivity index (χ4n) is 0.978. The van der Waals surface area contributed by atoms with Gasteiger partial charge in [0.15, 0.2) is 0 Å². The number of carboxylic acids is 1. The zero-order valence-electron chi connectivity index (χ0n) is 7.23. The highest BCUT2D eigenvalue weighted by molar-refractivity contribution is 7.98. The third kappa shape index (κ3) is 2.47. The van der Waals surface area contributed by atoms with Crippen LogP contribution in [0.15, 0.2) is 29.2 Å². The number of benzene rings is 1. The zero-order valence-corrected chi connectivity index (χ0v) is 8.04. The molecular formula is C9H11NO2S. The Kier molecular flexibility index (Phi) is 3.33. The predicted molar refractivity (Wildman–Crippen MR) is 52.8 cm³/mol. The van der Waals surface area contributed by atoms with Crippen molar-refractivity contribution in [2.75, 3.05) is 6.26 Å². The molecule has 0 saturated carbocycles. The van der Waals surface area contributed by atoms with Gasteiger partial charge in [-0.3, -0.25) is 4.79 Å². The third-order valence-electron chi connectivity index (χ3n) is 1.72. The molecule has 0 aliphatic heterocycles. The molecule has 3 nitrogen and oxygen atoms in total. The van der Waals surface area contributed by atoms with E-state index >= 15 is 0 Å². The number of hydrogen-bond acceptors (Lipinski definition) is 3. The van der Waals surface area contributed by atoms with E-state index in [0.717, 1.165) is 4.90 Å². The molecule has 0 saturated heterocycles. The fraction of sp³-hybridized carbons (Fsp3) is 0.222. The van der Waals surface area contributed by atoms with Crippen LogP contribution in [0.2, 0.25) is 0 Å².